The number of hydrogen-bond acceptors (Lipinski definition) is 7. The lowest BCUT2D eigenvalue weighted by atomic mass is 10.1. The summed E-state index contributed by atoms with van der Waals surface area (Å²) < 4.78 is 6.11. The van der Waals surface area contributed by atoms with Crippen molar-refractivity contribution in [1.29, 1.82) is 0 Å². The number of amides is 1. The highest BCUT2D eigenvalue weighted by Crippen LogP contribution is 2.39. The molecule has 32 heavy (non-hydrogen) atoms. The Morgan fingerprint density at radius 1 is 1.00 bits per heavy atom. The van der Waals surface area contributed by atoms with Gasteiger partial charge >= 0.3 is 0 Å². The van der Waals surface area contributed by atoms with E-state index < -0.39 is 5.25 Å². The van der Waals surface area contributed by atoms with Crippen molar-refractivity contribution in [2.45, 2.75) is 16.5 Å². The zero-order valence-electron chi connectivity index (χ0n) is 17.6. The van der Waals surface area contributed by atoms with Crippen LogP contribution in [0.15, 0.2) is 83.2 Å². The van der Waals surface area contributed by atoms with Crippen LogP contribution in [0.1, 0.15) is 16.4 Å². The molecule has 1 atom stereocenters. The van der Waals surface area contributed by atoms with Crippen molar-refractivity contribution < 1.29 is 9.53 Å². The topological polar surface area (TPSA) is 76.1 Å². The van der Waals surface area contributed by atoms with Crippen LogP contribution in [0.5, 0.6) is 5.75 Å². The number of carbonyl (C=O) groups excluding carboxylic acids is 1. The number of ether oxygens (including phenoxy) is 1. The summed E-state index contributed by atoms with van der Waals surface area (Å²) in [6.45, 7) is 1.97. The lowest BCUT2D eigenvalue weighted by Crippen LogP contribution is -2.19. The van der Waals surface area contributed by atoms with Gasteiger partial charge < -0.3 is 15.4 Å². The Morgan fingerprint density at radius 2 is 1.72 bits per heavy atom. The molecular formula is C24H22N4O2S2. The molecular weight excluding hydrogens is 440 g/mol. The third-order valence-corrected chi connectivity index (χ3v) is 6.78. The minimum absolute atomic E-state index is 0.155. The smallest absolute Gasteiger partial charge is 0.242 e. The second-order valence-electron chi connectivity index (χ2n) is 6.97. The summed E-state index contributed by atoms with van der Waals surface area (Å²) in [5.74, 6) is 0.462. The van der Waals surface area contributed by atoms with Crippen LogP contribution < -0.4 is 15.4 Å². The normalized spacial score (nSPS) is 11.6. The van der Waals surface area contributed by atoms with E-state index in [1.807, 2.05) is 85.8 Å². The molecule has 4 aromatic rings. The lowest BCUT2D eigenvalue weighted by molar-refractivity contribution is -0.115. The van der Waals surface area contributed by atoms with Crippen LogP contribution in [0.3, 0.4) is 0 Å². The molecule has 6 nitrogen and oxygen atoms in total. The van der Waals surface area contributed by atoms with Crippen LogP contribution in [-0.2, 0) is 4.79 Å². The molecule has 1 aromatic heterocycles. The van der Waals surface area contributed by atoms with E-state index in [1.165, 1.54) is 23.1 Å². The van der Waals surface area contributed by atoms with Gasteiger partial charge in [0.15, 0.2) is 4.34 Å². The molecule has 0 aliphatic heterocycles. The van der Waals surface area contributed by atoms with Gasteiger partial charge in [-0.25, -0.2) is 0 Å². The van der Waals surface area contributed by atoms with Crippen LogP contribution in [-0.4, -0.2) is 23.2 Å². The van der Waals surface area contributed by atoms with Crippen molar-refractivity contribution in [3.63, 3.8) is 0 Å². The molecule has 0 saturated heterocycles. The summed E-state index contributed by atoms with van der Waals surface area (Å²) in [7, 11) is 1.59. The Kier molecular flexibility index (Phi) is 7.03. The minimum atomic E-state index is -0.501. The largest absolute Gasteiger partial charge is 0.495 e. The molecule has 0 aliphatic rings. The SMILES string of the molecule is COc1ccc(C)cc1NC(=O)C(Sc1nnc(Nc2ccccc2)s1)c1ccccc1. The number of anilines is 3. The second kappa shape index (κ2) is 10.3. The summed E-state index contributed by atoms with van der Waals surface area (Å²) in [5, 5.41) is 14.9. The van der Waals surface area contributed by atoms with E-state index in [0.29, 0.717) is 20.9 Å². The average Bonchev–Trinajstić information content (AvgIpc) is 3.25. The zero-order chi connectivity index (χ0) is 22.3. The van der Waals surface area contributed by atoms with Crippen molar-refractivity contribution in [3.8, 4) is 5.75 Å². The number of aromatic nitrogens is 2. The molecule has 162 valence electrons. The molecule has 1 unspecified atom stereocenters. The molecule has 1 amide bonds. The monoisotopic (exact) mass is 462 g/mol. The number of carbonyl (C=O) groups is 1. The van der Waals surface area contributed by atoms with Gasteiger partial charge in [0.05, 0.1) is 12.8 Å². The minimum Gasteiger partial charge on any atom is -0.495 e. The molecule has 3 aromatic carbocycles. The molecule has 0 radical (unpaired) electrons. The Balaban J connectivity index is 1.56. The third kappa shape index (κ3) is 5.46. The van der Waals surface area contributed by atoms with Crippen LogP contribution in [0, 0.1) is 6.92 Å². The number of nitrogens with one attached hydrogen (secondary N) is 2. The summed E-state index contributed by atoms with van der Waals surface area (Å²) >= 11 is 2.78. The number of thioether (sulfide) groups is 1. The highest BCUT2D eigenvalue weighted by atomic mass is 32.2. The van der Waals surface area contributed by atoms with E-state index in [0.717, 1.165) is 16.8 Å². The maximum absolute atomic E-state index is 13.3. The quantitative estimate of drug-likeness (QED) is 0.310. The van der Waals surface area contributed by atoms with Gasteiger partial charge in [-0.1, -0.05) is 77.7 Å². The van der Waals surface area contributed by atoms with Crippen molar-refractivity contribution in [1.82, 2.24) is 10.2 Å². The van der Waals surface area contributed by atoms with Gasteiger partial charge in [-0.3, -0.25) is 4.79 Å². The van der Waals surface area contributed by atoms with Gasteiger partial charge in [0.1, 0.15) is 11.0 Å². The van der Waals surface area contributed by atoms with Crippen LogP contribution in [0.4, 0.5) is 16.5 Å². The number of rotatable bonds is 8. The van der Waals surface area contributed by atoms with Gasteiger partial charge in [0.25, 0.3) is 0 Å². The summed E-state index contributed by atoms with van der Waals surface area (Å²) in [6.07, 6.45) is 0. The fraction of sp³-hybridized carbons (Fsp3) is 0.125. The predicted octanol–water partition coefficient (Wildman–Crippen LogP) is 6.07. The third-order valence-electron chi connectivity index (χ3n) is 4.60. The molecule has 4 rings (SSSR count). The van der Waals surface area contributed by atoms with Gasteiger partial charge in [0, 0.05) is 5.69 Å². The molecule has 0 saturated carbocycles. The molecule has 0 fully saturated rings. The fourth-order valence-electron chi connectivity index (χ4n) is 3.07. The summed E-state index contributed by atoms with van der Waals surface area (Å²) in [5.41, 5.74) is 3.49. The number of methoxy groups -OCH3 is 1. The zero-order valence-corrected chi connectivity index (χ0v) is 19.2. The van der Waals surface area contributed by atoms with E-state index in [2.05, 4.69) is 20.8 Å². The van der Waals surface area contributed by atoms with Crippen molar-refractivity contribution in [2.24, 2.45) is 0 Å². The Labute approximate surface area is 195 Å². The highest BCUT2D eigenvalue weighted by molar-refractivity contribution is 8.02. The van der Waals surface area contributed by atoms with Crippen LogP contribution >= 0.6 is 23.1 Å². The molecule has 1 heterocycles. The second-order valence-corrected chi connectivity index (χ2v) is 9.30. The summed E-state index contributed by atoms with van der Waals surface area (Å²) in [4.78, 5) is 13.3. The number of hydrogen-bond donors (Lipinski definition) is 2. The molecule has 8 heteroatoms. The van der Waals surface area contributed by atoms with Crippen LogP contribution in [0.25, 0.3) is 0 Å². The van der Waals surface area contributed by atoms with Crippen LogP contribution in [0.2, 0.25) is 0 Å². The first-order valence-corrected chi connectivity index (χ1v) is 11.6. The van der Waals surface area contributed by atoms with Gasteiger partial charge in [0.2, 0.25) is 11.0 Å². The van der Waals surface area contributed by atoms with E-state index >= 15 is 0 Å². The van der Waals surface area contributed by atoms with Gasteiger partial charge in [-0.05, 0) is 42.3 Å². The fourth-order valence-corrected chi connectivity index (χ4v) is 5.04. The number of aryl methyl sites for hydroxylation is 1. The Bertz CT molecular complexity index is 1180. The number of nitrogens with zero attached hydrogens (tertiary/aromatic N) is 2. The molecule has 0 bridgehead atoms. The van der Waals surface area contributed by atoms with E-state index in [-0.39, 0.29) is 5.91 Å². The molecule has 2 N–H and O–H groups in total. The van der Waals surface area contributed by atoms with Gasteiger partial charge in [-0.15, -0.1) is 10.2 Å². The first kappa shape index (κ1) is 21.9. The first-order valence-electron chi connectivity index (χ1n) is 9.95. The van der Waals surface area contributed by atoms with Gasteiger partial charge in [-0.2, -0.15) is 0 Å². The molecule has 0 aliphatic carbocycles. The Hall–Kier alpha value is -3.36. The van der Waals surface area contributed by atoms with Crippen molar-refractivity contribution >= 4 is 45.5 Å². The number of para-hydroxylation sites is 1. The maximum atomic E-state index is 13.3. The predicted molar refractivity (Wildman–Crippen MR) is 131 cm³/mol. The maximum Gasteiger partial charge on any atom is 0.242 e. The van der Waals surface area contributed by atoms with Crippen molar-refractivity contribution in [2.75, 3.05) is 17.7 Å². The summed E-state index contributed by atoms with van der Waals surface area (Å²) in [6, 6.07) is 25.1. The van der Waals surface area contributed by atoms with E-state index in [9.17, 15) is 4.79 Å². The Morgan fingerprint density at radius 3 is 2.44 bits per heavy atom. The lowest BCUT2D eigenvalue weighted by Gasteiger charge is -2.17. The highest BCUT2D eigenvalue weighted by Gasteiger charge is 2.25. The average molecular weight is 463 g/mol. The van der Waals surface area contributed by atoms with E-state index in [1.54, 1.807) is 7.11 Å². The first-order chi connectivity index (χ1) is 15.6. The van der Waals surface area contributed by atoms with Crippen molar-refractivity contribution in [3.05, 3.63) is 90.0 Å². The number of benzene rings is 3. The standard InChI is InChI=1S/C24H22N4O2S2/c1-16-13-14-20(30-2)19(15-16)26-22(29)21(17-9-5-3-6-10-17)31-24-28-27-23(32-24)25-18-11-7-4-8-12-18/h3-15,21H,1-2H3,(H,25,27)(H,26,29). The molecule has 0 spiro atoms. The van der Waals surface area contributed by atoms with E-state index in [4.69, 9.17) is 4.74 Å².